The Labute approximate surface area is 101 Å². The third-order valence-electron chi connectivity index (χ3n) is 2.81. The average Bonchev–Trinajstić information content (AvgIpc) is 2.65. The van der Waals surface area contributed by atoms with Gasteiger partial charge in [0.15, 0.2) is 0 Å². The largest absolute Gasteiger partial charge is 0.358 e. The van der Waals surface area contributed by atoms with Crippen LogP contribution in [0.3, 0.4) is 0 Å². The topological polar surface area (TPSA) is 20.3 Å². The second-order valence-corrected chi connectivity index (χ2v) is 5.20. The highest BCUT2D eigenvalue weighted by molar-refractivity contribution is 8.00. The molecule has 0 bridgehead atoms. The van der Waals surface area contributed by atoms with Crippen molar-refractivity contribution in [1.29, 1.82) is 0 Å². The molecule has 0 aromatic heterocycles. The van der Waals surface area contributed by atoms with Gasteiger partial charge in [-0.05, 0) is 18.6 Å². The zero-order chi connectivity index (χ0) is 11.4. The lowest BCUT2D eigenvalue weighted by Gasteiger charge is -2.25. The molecule has 0 fully saturated rings. The molecule has 1 heterocycles. The van der Waals surface area contributed by atoms with Gasteiger partial charge in [0.05, 0.1) is 11.1 Å². The number of carbonyl (C=O) groups is 1. The van der Waals surface area contributed by atoms with Crippen LogP contribution in [0.1, 0.15) is 26.2 Å². The number of hydrogen-bond acceptors (Lipinski definition) is 3. The van der Waals surface area contributed by atoms with Crippen molar-refractivity contribution in [3.8, 4) is 0 Å². The fraction of sp³-hybridized carbons (Fsp3) is 0.462. The molecule has 0 aliphatic carbocycles. The van der Waals surface area contributed by atoms with Crippen LogP contribution in [-0.4, -0.2) is 18.2 Å². The first-order chi connectivity index (χ1) is 7.86. The second kappa shape index (κ2) is 5.39. The average molecular weight is 235 g/mol. The summed E-state index contributed by atoms with van der Waals surface area (Å²) in [5, 5.41) is 0.516. The number of fused-ring (bicyclic) bond motifs is 1. The molecule has 1 aromatic rings. The zero-order valence-corrected chi connectivity index (χ0v) is 10.4. The number of anilines is 1. The molecule has 1 atom stereocenters. The molecule has 3 heteroatoms. The summed E-state index contributed by atoms with van der Waals surface area (Å²) in [7, 11) is 0. The number of para-hydroxylation sites is 1. The van der Waals surface area contributed by atoms with E-state index in [2.05, 4.69) is 36.1 Å². The van der Waals surface area contributed by atoms with Crippen molar-refractivity contribution in [2.24, 2.45) is 0 Å². The van der Waals surface area contributed by atoms with Crippen molar-refractivity contribution in [1.82, 2.24) is 0 Å². The van der Waals surface area contributed by atoms with Crippen LogP contribution in [0, 0.1) is 0 Å². The van der Waals surface area contributed by atoms with E-state index in [0.29, 0.717) is 11.8 Å². The lowest BCUT2D eigenvalue weighted by atomic mass is 10.2. The molecular weight excluding hydrogens is 218 g/mol. The summed E-state index contributed by atoms with van der Waals surface area (Å²) in [6, 6.07) is 8.48. The summed E-state index contributed by atoms with van der Waals surface area (Å²) >= 11 is 1.93. The quantitative estimate of drug-likeness (QED) is 0.730. The van der Waals surface area contributed by atoms with Gasteiger partial charge in [0.2, 0.25) is 0 Å². The van der Waals surface area contributed by atoms with Crippen LogP contribution in [0.15, 0.2) is 29.2 Å². The van der Waals surface area contributed by atoms with Gasteiger partial charge in [-0.1, -0.05) is 37.2 Å². The Morgan fingerprint density at radius 2 is 2.25 bits per heavy atom. The Morgan fingerprint density at radius 3 is 3.00 bits per heavy atom. The number of rotatable bonds is 5. The molecule has 0 saturated heterocycles. The Hall–Kier alpha value is -0.960. The number of aldehydes is 1. The number of nitrogens with zero attached hydrogens (tertiary/aromatic N) is 1. The fourth-order valence-electron chi connectivity index (χ4n) is 2.08. The molecule has 2 rings (SSSR count). The summed E-state index contributed by atoms with van der Waals surface area (Å²) in [6.45, 7) is 3.06. The SMILES string of the molecule is CCCC1Sc2ccccc2N1CCC=O. The molecule has 86 valence electrons. The van der Waals surface area contributed by atoms with E-state index in [1.165, 1.54) is 23.4 Å². The molecule has 1 aromatic carbocycles. The normalized spacial score (nSPS) is 18.6. The summed E-state index contributed by atoms with van der Waals surface area (Å²) in [4.78, 5) is 14.2. The monoisotopic (exact) mass is 235 g/mol. The number of carbonyl (C=O) groups excluding carboxylic acids is 1. The van der Waals surface area contributed by atoms with E-state index in [4.69, 9.17) is 0 Å². The van der Waals surface area contributed by atoms with Crippen molar-refractivity contribution < 1.29 is 4.79 Å². The summed E-state index contributed by atoms with van der Waals surface area (Å²) in [6.07, 6.45) is 3.99. The van der Waals surface area contributed by atoms with E-state index in [1.807, 2.05) is 11.8 Å². The Morgan fingerprint density at radius 1 is 1.44 bits per heavy atom. The van der Waals surface area contributed by atoms with Gasteiger partial charge in [0, 0.05) is 17.9 Å². The molecule has 2 nitrogen and oxygen atoms in total. The second-order valence-electron chi connectivity index (χ2n) is 3.98. The fourth-order valence-corrected chi connectivity index (χ4v) is 3.53. The van der Waals surface area contributed by atoms with E-state index in [9.17, 15) is 4.79 Å². The van der Waals surface area contributed by atoms with Gasteiger partial charge in [0.1, 0.15) is 6.29 Å². The van der Waals surface area contributed by atoms with Crippen LogP contribution >= 0.6 is 11.8 Å². The molecular formula is C13H17NOS. The van der Waals surface area contributed by atoms with Gasteiger partial charge >= 0.3 is 0 Å². The predicted molar refractivity (Wildman–Crippen MR) is 69.0 cm³/mol. The number of hydrogen-bond donors (Lipinski definition) is 0. The van der Waals surface area contributed by atoms with Crippen LogP contribution in [-0.2, 0) is 4.79 Å². The smallest absolute Gasteiger partial charge is 0.121 e. The van der Waals surface area contributed by atoms with Gasteiger partial charge in [-0.2, -0.15) is 0 Å². The minimum absolute atomic E-state index is 0.516. The van der Waals surface area contributed by atoms with Crippen molar-refractivity contribution in [3.63, 3.8) is 0 Å². The third kappa shape index (κ3) is 2.24. The van der Waals surface area contributed by atoms with E-state index in [0.717, 1.165) is 12.8 Å². The molecule has 0 N–H and O–H groups in total. The predicted octanol–water partition coefficient (Wildman–Crippen LogP) is 3.31. The van der Waals surface area contributed by atoms with Gasteiger partial charge in [-0.3, -0.25) is 0 Å². The first-order valence-electron chi connectivity index (χ1n) is 5.82. The Bertz CT molecular complexity index is 367. The third-order valence-corrected chi connectivity index (χ3v) is 4.17. The molecule has 0 amide bonds. The van der Waals surface area contributed by atoms with Crippen molar-refractivity contribution in [2.75, 3.05) is 11.4 Å². The van der Waals surface area contributed by atoms with Crippen molar-refractivity contribution >= 4 is 23.7 Å². The Kier molecular flexibility index (Phi) is 3.88. The molecule has 0 spiro atoms. The molecule has 1 aliphatic heterocycles. The number of benzene rings is 1. The standard InChI is InChI=1S/C13H17NOS/c1-2-6-13-14(9-5-10-15)11-7-3-4-8-12(11)16-13/h3-4,7-8,10,13H,2,5-6,9H2,1H3. The lowest BCUT2D eigenvalue weighted by Crippen LogP contribution is -2.30. The molecule has 0 radical (unpaired) electrons. The highest BCUT2D eigenvalue weighted by Gasteiger charge is 2.28. The lowest BCUT2D eigenvalue weighted by molar-refractivity contribution is -0.107. The first kappa shape index (κ1) is 11.5. The number of thioether (sulfide) groups is 1. The maximum absolute atomic E-state index is 10.5. The van der Waals surface area contributed by atoms with Crippen molar-refractivity contribution in [3.05, 3.63) is 24.3 Å². The van der Waals surface area contributed by atoms with Crippen LogP contribution in [0.4, 0.5) is 5.69 Å². The van der Waals surface area contributed by atoms with E-state index in [1.54, 1.807) is 0 Å². The summed E-state index contributed by atoms with van der Waals surface area (Å²) in [5.41, 5.74) is 1.30. The van der Waals surface area contributed by atoms with Crippen LogP contribution in [0.25, 0.3) is 0 Å². The molecule has 1 aliphatic rings. The summed E-state index contributed by atoms with van der Waals surface area (Å²) < 4.78 is 0. The molecule has 1 unspecified atom stereocenters. The van der Waals surface area contributed by atoms with Crippen LogP contribution in [0.5, 0.6) is 0 Å². The highest BCUT2D eigenvalue weighted by atomic mass is 32.2. The maximum Gasteiger partial charge on any atom is 0.121 e. The van der Waals surface area contributed by atoms with Crippen molar-refractivity contribution in [2.45, 2.75) is 36.5 Å². The maximum atomic E-state index is 10.5. The van der Waals surface area contributed by atoms with Crippen LogP contribution in [0.2, 0.25) is 0 Å². The molecule has 16 heavy (non-hydrogen) atoms. The zero-order valence-electron chi connectivity index (χ0n) is 9.56. The van der Waals surface area contributed by atoms with E-state index >= 15 is 0 Å². The van der Waals surface area contributed by atoms with Gasteiger partial charge in [-0.25, -0.2) is 0 Å². The van der Waals surface area contributed by atoms with Gasteiger partial charge in [-0.15, -0.1) is 0 Å². The highest BCUT2D eigenvalue weighted by Crippen LogP contribution is 2.44. The minimum Gasteiger partial charge on any atom is -0.358 e. The Balaban J connectivity index is 2.17. The minimum atomic E-state index is 0.516. The van der Waals surface area contributed by atoms with E-state index < -0.39 is 0 Å². The van der Waals surface area contributed by atoms with E-state index in [-0.39, 0.29) is 0 Å². The molecule has 0 saturated carbocycles. The summed E-state index contributed by atoms with van der Waals surface area (Å²) in [5.74, 6) is 0. The van der Waals surface area contributed by atoms with Gasteiger partial charge < -0.3 is 9.69 Å². The van der Waals surface area contributed by atoms with Gasteiger partial charge in [0.25, 0.3) is 0 Å². The van der Waals surface area contributed by atoms with Crippen LogP contribution < -0.4 is 4.90 Å². The first-order valence-corrected chi connectivity index (χ1v) is 6.70.